The number of hydrogen-bond donors (Lipinski definition) is 2. The number of ether oxygens (including phenoxy) is 2. The predicted octanol–water partition coefficient (Wildman–Crippen LogP) is 4.59. The van der Waals surface area contributed by atoms with Crippen molar-refractivity contribution in [2.24, 2.45) is 0 Å². The summed E-state index contributed by atoms with van der Waals surface area (Å²) < 4.78 is 11.1. The zero-order valence-corrected chi connectivity index (χ0v) is 20.4. The molecule has 1 aliphatic rings. The van der Waals surface area contributed by atoms with Gasteiger partial charge in [-0.3, -0.25) is 14.5 Å². The lowest BCUT2D eigenvalue weighted by Crippen LogP contribution is -2.30. The number of anilines is 2. The summed E-state index contributed by atoms with van der Waals surface area (Å²) in [4.78, 5) is 26.9. The molecule has 0 atom stereocenters. The molecule has 0 saturated carbocycles. The zero-order chi connectivity index (χ0) is 24.9. The summed E-state index contributed by atoms with van der Waals surface area (Å²) >= 11 is 5.41. The second kappa shape index (κ2) is 10.4. The van der Waals surface area contributed by atoms with Crippen LogP contribution < -0.4 is 25.0 Å². The average Bonchev–Trinajstić information content (AvgIpc) is 3.12. The monoisotopic (exact) mass is 487 g/mol. The smallest absolute Gasteiger partial charge is 0.281 e. The third-order valence-electron chi connectivity index (χ3n) is 5.51. The van der Waals surface area contributed by atoms with Crippen molar-refractivity contribution >= 4 is 46.6 Å². The van der Waals surface area contributed by atoms with E-state index in [2.05, 4.69) is 10.6 Å². The molecule has 1 fully saturated rings. The van der Waals surface area contributed by atoms with Crippen molar-refractivity contribution in [1.82, 2.24) is 5.32 Å². The van der Waals surface area contributed by atoms with Crippen LogP contribution in [0.25, 0.3) is 6.08 Å². The molecule has 8 heteroatoms. The van der Waals surface area contributed by atoms with E-state index in [-0.39, 0.29) is 18.4 Å². The number of para-hydroxylation sites is 2. The summed E-state index contributed by atoms with van der Waals surface area (Å²) in [6.07, 6.45) is 1.70. The van der Waals surface area contributed by atoms with Crippen LogP contribution in [0.3, 0.4) is 0 Å². The van der Waals surface area contributed by atoms with Gasteiger partial charge in [-0.05, 0) is 73.1 Å². The van der Waals surface area contributed by atoms with Crippen molar-refractivity contribution in [2.75, 3.05) is 23.9 Å². The highest BCUT2D eigenvalue weighted by Crippen LogP contribution is 2.30. The Morgan fingerprint density at radius 3 is 2.46 bits per heavy atom. The Kier molecular flexibility index (Phi) is 7.12. The van der Waals surface area contributed by atoms with Crippen LogP contribution >= 0.6 is 12.2 Å². The van der Waals surface area contributed by atoms with Crippen LogP contribution in [-0.2, 0) is 9.59 Å². The van der Waals surface area contributed by atoms with Gasteiger partial charge in [-0.1, -0.05) is 42.5 Å². The van der Waals surface area contributed by atoms with Crippen LogP contribution in [0.5, 0.6) is 11.5 Å². The fourth-order valence-electron chi connectivity index (χ4n) is 3.67. The summed E-state index contributed by atoms with van der Waals surface area (Å²) in [5, 5.41) is 6.14. The van der Waals surface area contributed by atoms with Gasteiger partial charge in [0.25, 0.3) is 11.8 Å². The van der Waals surface area contributed by atoms with Gasteiger partial charge in [0, 0.05) is 5.69 Å². The maximum absolute atomic E-state index is 13.1. The molecular formula is C27H25N3O4S. The first-order valence-corrected chi connectivity index (χ1v) is 11.4. The minimum atomic E-state index is -0.280. The van der Waals surface area contributed by atoms with E-state index in [4.69, 9.17) is 21.7 Å². The van der Waals surface area contributed by atoms with Crippen molar-refractivity contribution in [2.45, 2.75) is 13.8 Å². The Balaban J connectivity index is 1.47. The third kappa shape index (κ3) is 5.33. The van der Waals surface area contributed by atoms with Gasteiger partial charge < -0.3 is 20.1 Å². The number of thiocarbonyl (C=S) groups is 1. The van der Waals surface area contributed by atoms with Crippen LogP contribution in [-0.4, -0.2) is 30.6 Å². The van der Waals surface area contributed by atoms with E-state index in [0.29, 0.717) is 27.9 Å². The summed E-state index contributed by atoms with van der Waals surface area (Å²) in [5.74, 6) is 0.332. The average molecular weight is 488 g/mol. The quantitative estimate of drug-likeness (QED) is 0.375. The molecule has 3 aromatic rings. The molecule has 0 radical (unpaired) electrons. The van der Waals surface area contributed by atoms with Gasteiger partial charge in [-0.2, -0.15) is 0 Å². The number of carbonyl (C=O) groups excluding carboxylic acids is 2. The van der Waals surface area contributed by atoms with Gasteiger partial charge >= 0.3 is 0 Å². The Labute approximate surface area is 209 Å². The predicted molar refractivity (Wildman–Crippen MR) is 141 cm³/mol. The highest BCUT2D eigenvalue weighted by Gasteiger charge is 2.32. The molecule has 4 rings (SSSR count). The van der Waals surface area contributed by atoms with E-state index in [1.165, 1.54) is 12.0 Å². The van der Waals surface area contributed by atoms with Crippen LogP contribution in [0, 0.1) is 13.8 Å². The molecule has 178 valence electrons. The lowest BCUT2D eigenvalue weighted by Gasteiger charge is -2.16. The van der Waals surface area contributed by atoms with E-state index >= 15 is 0 Å². The molecule has 1 saturated heterocycles. The standard InChI is InChI=1S/C27H25N3O4S/c1-17-8-4-6-10-20(17)28-25(31)16-34-23-13-12-19(15-24(23)33-3)14-21-26(32)30(27(35)29-21)22-11-7-5-9-18(22)2/h4-15H,16H2,1-3H3,(H,28,31)(H,29,35)/b21-14+. The number of hydrogen-bond acceptors (Lipinski definition) is 5. The molecule has 1 aliphatic heterocycles. The van der Waals surface area contributed by atoms with Crippen LogP contribution in [0.4, 0.5) is 11.4 Å². The number of benzene rings is 3. The maximum Gasteiger partial charge on any atom is 0.281 e. The fraction of sp³-hybridized carbons (Fsp3) is 0.148. The lowest BCUT2D eigenvalue weighted by atomic mass is 10.1. The number of carbonyl (C=O) groups is 2. The molecule has 0 bridgehead atoms. The van der Waals surface area contributed by atoms with Crippen LogP contribution in [0.1, 0.15) is 16.7 Å². The van der Waals surface area contributed by atoms with Crippen LogP contribution in [0.15, 0.2) is 72.4 Å². The molecule has 0 spiro atoms. The normalized spacial score (nSPS) is 14.1. The first-order valence-electron chi connectivity index (χ1n) is 11.0. The second-order valence-corrected chi connectivity index (χ2v) is 8.36. The Hall–Kier alpha value is -4.17. The lowest BCUT2D eigenvalue weighted by molar-refractivity contribution is -0.118. The number of rotatable bonds is 7. The molecule has 7 nitrogen and oxygen atoms in total. The van der Waals surface area contributed by atoms with Crippen LogP contribution in [0.2, 0.25) is 0 Å². The van der Waals surface area contributed by atoms with Crippen molar-refractivity contribution in [3.05, 3.63) is 89.1 Å². The summed E-state index contributed by atoms with van der Waals surface area (Å²) in [6.45, 7) is 3.67. The summed E-state index contributed by atoms with van der Waals surface area (Å²) in [7, 11) is 1.51. The fourth-order valence-corrected chi connectivity index (χ4v) is 3.96. The number of amides is 2. The Morgan fingerprint density at radius 2 is 1.74 bits per heavy atom. The summed E-state index contributed by atoms with van der Waals surface area (Å²) in [5.41, 5.74) is 4.45. The minimum Gasteiger partial charge on any atom is -0.493 e. The Bertz CT molecular complexity index is 1340. The van der Waals surface area contributed by atoms with Gasteiger partial charge in [0.15, 0.2) is 23.2 Å². The third-order valence-corrected chi connectivity index (χ3v) is 5.80. The maximum atomic E-state index is 13.1. The minimum absolute atomic E-state index is 0.176. The number of methoxy groups -OCH3 is 1. The zero-order valence-electron chi connectivity index (χ0n) is 19.6. The highest BCUT2D eigenvalue weighted by molar-refractivity contribution is 7.80. The topological polar surface area (TPSA) is 79.9 Å². The molecule has 2 N–H and O–H groups in total. The number of nitrogens with zero attached hydrogens (tertiary/aromatic N) is 1. The van der Waals surface area contributed by atoms with E-state index in [9.17, 15) is 9.59 Å². The van der Waals surface area contributed by atoms with Crippen molar-refractivity contribution in [3.63, 3.8) is 0 Å². The van der Waals surface area contributed by atoms with Gasteiger partial charge in [0.2, 0.25) is 0 Å². The molecule has 1 heterocycles. The first kappa shape index (κ1) is 24.0. The number of aryl methyl sites for hydroxylation is 2. The van der Waals surface area contributed by atoms with Crippen molar-refractivity contribution in [1.29, 1.82) is 0 Å². The molecule has 2 amide bonds. The van der Waals surface area contributed by atoms with Gasteiger partial charge in [-0.15, -0.1) is 0 Å². The van der Waals surface area contributed by atoms with E-state index in [1.807, 2.05) is 62.4 Å². The van der Waals surface area contributed by atoms with Gasteiger partial charge in [-0.25, -0.2) is 0 Å². The largest absolute Gasteiger partial charge is 0.493 e. The molecule has 0 aromatic heterocycles. The molecule has 35 heavy (non-hydrogen) atoms. The van der Waals surface area contributed by atoms with Gasteiger partial charge in [0.05, 0.1) is 12.8 Å². The molecule has 0 aliphatic carbocycles. The molecule has 3 aromatic carbocycles. The van der Waals surface area contributed by atoms with E-state index in [0.717, 1.165) is 22.5 Å². The molecular weight excluding hydrogens is 462 g/mol. The van der Waals surface area contributed by atoms with Gasteiger partial charge in [0.1, 0.15) is 5.70 Å². The second-order valence-electron chi connectivity index (χ2n) is 7.98. The first-order chi connectivity index (χ1) is 16.9. The Morgan fingerprint density at radius 1 is 1.03 bits per heavy atom. The SMILES string of the molecule is COc1cc(/C=C2/NC(=S)N(c3ccccc3C)C2=O)ccc1OCC(=O)Nc1ccccc1C. The summed E-state index contributed by atoms with van der Waals surface area (Å²) in [6, 6.07) is 20.3. The van der Waals surface area contributed by atoms with E-state index < -0.39 is 0 Å². The molecule has 0 unspecified atom stereocenters. The van der Waals surface area contributed by atoms with Crippen molar-refractivity contribution in [3.8, 4) is 11.5 Å². The van der Waals surface area contributed by atoms with Crippen molar-refractivity contribution < 1.29 is 19.1 Å². The highest BCUT2D eigenvalue weighted by atomic mass is 32.1. The number of nitrogens with one attached hydrogen (secondary N) is 2. The van der Waals surface area contributed by atoms with E-state index in [1.54, 1.807) is 24.3 Å².